The molecule has 1 saturated carbocycles. The normalized spacial score (nSPS) is 20.6. The van der Waals surface area contributed by atoms with Crippen molar-refractivity contribution in [2.75, 3.05) is 19.6 Å². The summed E-state index contributed by atoms with van der Waals surface area (Å²) in [5.41, 5.74) is 0.385. The van der Waals surface area contributed by atoms with Gasteiger partial charge in [-0.2, -0.15) is 0 Å². The molecule has 1 amide bonds. The average molecular weight is 388 g/mol. The van der Waals surface area contributed by atoms with E-state index < -0.39 is 10.0 Å². The van der Waals surface area contributed by atoms with Gasteiger partial charge in [0.1, 0.15) is 0 Å². The molecular formula is C17H26ClN3O3S. The molecule has 1 aliphatic heterocycles. The second-order valence-corrected chi connectivity index (χ2v) is 8.39. The van der Waals surface area contributed by atoms with Crippen molar-refractivity contribution in [2.45, 2.75) is 43.0 Å². The Morgan fingerprint density at radius 2 is 2.04 bits per heavy atom. The number of nitrogens with one attached hydrogen (secondary N) is 3. The summed E-state index contributed by atoms with van der Waals surface area (Å²) < 4.78 is 27.1. The zero-order valence-corrected chi connectivity index (χ0v) is 15.8. The van der Waals surface area contributed by atoms with Crippen molar-refractivity contribution in [3.05, 3.63) is 29.8 Å². The lowest BCUT2D eigenvalue weighted by Gasteiger charge is -2.22. The van der Waals surface area contributed by atoms with E-state index in [-0.39, 0.29) is 29.3 Å². The zero-order valence-electron chi connectivity index (χ0n) is 14.2. The Morgan fingerprint density at radius 1 is 1.24 bits per heavy atom. The lowest BCUT2D eigenvalue weighted by atomic mass is 9.96. The van der Waals surface area contributed by atoms with Crippen LogP contribution in [0.4, 0.5) is 0 Å². The topological polar surface area (TPSA) is 87.3 Å². The lowest BCUT2D eigenvalue weighted by Crippen LogP contribution is -2.33. The molecule has 2 fully saturated rings. The fraction of sp³-hybridized carbons (Fsp3) is 0.588. The molecule has 6 nitrogen and oxygen atoms in total. The minimum absolute atomic E-state index is 0. The Balaban J connectivity index is 0.00000225. The summed E-state index contributed by atoms with van der Waals surface area (Å²) in [5, 5.41) is 6.26. The molecule has 0 aromatic heterocycles. The SMILES string of the molecule is Cl.O=C(NCCC1CCCNC1)c1cccc(S(=O)(=O)NC2CC2)c1. The van der Waals surface area contributed by atoms with Gasteiger partial charge in [0.2, 0.25) is 10.0 Å². The Bertz CT molecular complexity index is 686. The minimum atomic E-state index is -3.53. The molecule has 1 unspecified atom stereocenters. The van der Waals surface area contributed by atoms with Gasteiger partial charge >= 0.3 is 0 Å². The number of benzene rings is 1. The monoisotopic (exact) mass is 387 g/mol. The van der Waals surface area contributed by atoms with E-state index in [2.05, 4.69) is 15.4 Å². The number of hydrogen-bond donors (Lipinski definition) is 3. The molecule has 0 spiro atoms. The van der Waals surface area contributed by atoms with Crippen LogP contribution in [0.5, 0.6) is 0 Å². The van der Waals surface area contributed by atoms with E-state index in [9.17, 15) is 13.2 Å². The number of carbonyl (C=O) groups excluding carboxylic acids is 1. The van der Waals surface area contributed by atoms with Crippen LogP contribution >= 0.6 is 12.4 Å². The third kappa shape index (κ3) is 5.95. The molecular weight excluding hydrogens is 362 g/mol. The summed E-state index contributed by atoms with van der Waals surface area (Å²) in [7, 11) is -3.53. The van der Waals surface area contributed by atoms with Crippen LogP contribution in [0.1, 0.15) is 42.5 Å². The number of hydrogen-bond acceptors (Lipinski definition) is 4. The van der Waals surface area contributed by atoms with E-state index in [1.165, 1.54) is 25.0 Å². The Morgan fingerprint density at radius 3 is 2.72 bits per heavy atom. The molecule has 0 radical (unpaired) electrons. The predicted octanol–water partition coefficient (Wildman–Crippen LogP) is 1.67. The highest BCUT2D eigenvalue weighted by Gasteiger charge is 2.28. The lowest BCUT2D eigenvalue weighted by molar-refractivity contribution is 0.0950. The van der Waals surface area contributed by atoms with Crippen LogP contribution in [-0.4, -0.2) is 40.0 Å². The number of carbonyl (C=O) groups is 1. The molecule has 1 aliphatic carbocycles. The fourth-order valence-electron chi connectivity index (χ4n) is 2.96. The van der Waals surface area contributed by atoms with Crippen molar-refractivity contribution >= 4 is 28.3 Å². The van der Waals surface area contributed by atoms with Crippen molar-refractivity contribution in [3.8, 4) is 0 Å². The van der Waals surface area contributed by atoms with Crippen molar-refractivity contribution in [1.29, 1.82) is 0 Å². The zero-order chi connectivity index (χ0) is 17.0. The van der Waals surface area contributed by atoms with Gasteiger partial charge in [-0.05, 0) is 69.3 Å². The van der Waals surface area contributed by atoms with Crippen molar-refractivity contribution in [3.63, 3.8) is 0 Å². The smallest absolute Gasteiger partial charge is 0.251 e. The number of rotatable bonds is 7. The first-order valence-corrected chi connectivity index (χ1v) is 10.1. The summed E-state index contributed by atoms with van der Waals surface area (Å²) in [6.45, 7) is 2.71. The largest absolute Gasteiger partial charge is 0.352 e. The molecule has 1 aromatic rings. The van der Waals surface area contributed by atoms with Crippen LogP contribution in [0, 0.1) is 5.92 Å². The summed E-state index contributed by atoms with van der Waals surface area (Å²) >= 11 is 0. The first-order valence-electron chi connectivity index (χ1n) is 8.66. The van der Waals surface area contributed by atoms with Crippen molar-refractivity contribution < 1.29 is 13.2 Å². The standard InChI is InChI=1S/C17H25N3O3S.ClH/c21-17(19-10-8-13-3-2-9-18-12-13)14-4-1-5-16(11-14)24(22,23)20-15-6-7-15;/h1,4-5,11,13,15,18,20H,2-3,6-10,12H2,(H,19,21);1H. The van der Waals surface area contributed by atoms with E-state index in [1.54, 1.807) is 12.1 Å². The van der Waals surface area contributed by atoms with Crippen LogP contribution in [0.2, 0.25) is 0 Å². The quantitative estimate of drug-likeness (QED) is 0.664. The fourth-order valence-corrected chi connectivity index (χ4v) is 4.31. The van der Waals surface area contributed by atoms with Gasteiger partial charge in [0, 0.05) is 18.2 Å². The third-order valence-corrected chi connectivity index (χ3v) is 6.06. The van der Waals surface area contributed by atoms with Gasteiger partial charge < -0.3 is 10.6 Å². The number of piperidine rings is 1. The number of amides is 1. The Kier molecular flexibility index (Phi) is 7.25. The second-order valence-electron chi connectivity index (χ2n) is 6.68. The van der Waals surface area contributed by atoms with E-state index in [0.717, 1.165) is 32.4 Å². The highest BCUT2D eigenvalue weighted by atomic mass is 35.5. The highest BCUT2D eigenvalue weighted by Crippen LogP contribution is 2.22. The molecule has 1 saturated heterocycles. The van der Waals surface area contributed by atoms with Gasteiger partial charge in [0.15, 0.2) is 0 Å². The summed E-state index contributed by atoms with van der Waals surface area (Å²) in [6.07, 6.45) is 5.10. The van der Waals surface area contributed by atoms with Gasteiger partial charge in [-0.3, -0.25) is 4.79 Å². The number of sulfonamides is 1. The van der Waals surface area contributed by atoms with E-state index in [4.69, 9.17) is 0 Å². The summed E-state index contributed by atoms with van der Waals surface area (Å²) in [4.78, 5) is 12.4. The Hall–Kier alpha value is -1.15. The molecule has 2 aliphatic rings. The molecule has 140 valence electrons. The maximum absolute atomic E-state index is 12.3. The summed E-state index contributed by atoms with van der Waals surface area (Å²) in [5.74, 6) is 0.385. The van der Waals surface area contributed by atoms with Crippen molar-refractivity contribution in [1.82, 2.24) is 15.4 Å². The minimum Gasteiger partial charge on any atom is -0.352 e. The van der Waals surface area contributed by atoms with Gasteiger partial charge in [-0.25, -0.2) is 13.1 Å². The van der Waals surface area contributed by atoms with Crippen LogP contribution < -0.4 is 15.4 Å². The van der Waals surface area contributed by atoms with Crippen LogP contribution in [-0.2, 0) is 10.0 Å². The van der Waals surface area contributed by atoms with Gasteiger partial charge in [-0.1, -0.05) is 6.07 Å². The van der Waals surface area contributed by atoms with Gasteiger partial charge in [0.25, 0.3) is 5.91 Å². The third-order valence-electron chi connectivity index (χ3n) is 4.54. The van der Waals surface area contributed by atoms with Crippen LogP contribution in [0.15, 0.2) is 29.2 Å². The second kappa shape index (κ2) is 8.98. The molecule has 1 heterocycles. The molecule has 0 bridgehead atoms. The Labute approximate surface area is 155 Å². The first-order chi connectivity index (χ1) is 11.5. The summed E-state index contributed by atoms with van der Waals surface area (Å²) in [6, 6.07) is 6.28. The molecule has 1 aromatic carbocycles. The maximum atomic E-state index is 12.3. The van der Waals surface area contributed by atoms with E-state index in [0.29, 0.717) is 18.0 Å². The highest BCUT2D eigenvalue weighted by molar-refractivity contribution is 7.89. The maximum Gasteiger partial charge on any atom is 0.251 e. The molecule has 1 atom stereocenters. The molecule has 25 heavy (non-hydrogen) atoms. The number of halogens is 1. The molecule has 3 N–H and O–H groups in total. The average Bonchev–Trinajstić information content (AvgIpc) is 3.39. The van der Waals surface area contributed by atoms with E-state index >= 15 is 0 Å². The first kappa shape index (κ1) is 20.2. The van der Waals surface area contributed by atoms with Gasteiger partial charge in [-0.15, -0.1) is 12.4 Å². The van der Waals surface area contributed by atoms with Crippen LogP contribution in [0.3, 0.4) is 0 Å². The molecule has 3 rings (SSSR count). The molecule has 8 heteroatoms. The van der Waals surface area contributed by atoms with Crippen LogP contribution in [0.25, 0.3) is 0 Å². The van der Waals surface area contributed by atoms with Gasteiger partial charge in [0.05, 0.1) is 4.90 Å². The van der Waals surface area contributed by atoms with Crippen molar-refractivity contribution in [2.24, 2.45) is 5.92 Å². The predicted molar refractivity (Wildman–Crippen MR) is 99.6 cm³/mol. The van der Waals surface area contributed by atoms with E-state index in [1.807, 2.05) is 0 Å².